The molecule has 150 valence electrons. The summed E-state index contributed by atoms with van der Waals surface area (Å²) in [4.78, 5) is 55.8. The first-order valence-corrected chi connectivity index (χ1v) is 6.39. The third-order valence-corrected chi connectivity index (χ3v) is 3.10. The molecule has 28 heavy (non-hydrogen) atoms. The molecule has 0 spiro atoms. The van der Waals surface area contributed by atoms with Crippen LogP contribution in [0.4, 0.5) is 22.7 Å². The fourth-order valence-corrected chi connectivity index (χ4v) is 1.76. The molecule has 1 aromatic rings. The number of benzene rings is 1. The number of hydrogen-bond donors (Lipinski definition) is 2. The first kappa shape index (κ1) is 21.4. The van der Waals surface area contributed by atoms with Gasteiger partial charge in [-0.05, 0) is 0 Å². The summed E-state index contributed by atoms with van der Waals surface area (Å²) in [7, 11) is 0. The molecule has 0 aliphatic heterocycles. The highest BCUT2D eigenvalue weighted by atomic mass is 16.7. The van der Waals surface area contributed by atoms with Gasteiger partial charge in [-0.3, -0.25) is 60.7 Å². The molecule has 1 aromatic carbocycles. The Labute approximate surface area is 149 Å². The third kappa shape index (κ3) is 3.79. The molecule has 0 fully saturated rings. The van der Waals surface area contributed by atoms with Gasteiger partial charge in [0.2, 0.25) is 12.2 Å². The third-order valence-electron chi connectivity index (χ3n) is 3.10. The zero-order chi connectivity index (χ0) is 21.8. The standard InChI is InChI=1S/C8H6N8O12/c17-11(18)4-1-5(12(19)20)7(6(2-4)13(21)22)10-9-3-8(14(23)24,15(25)26)16(27)28/h1-2,9-10H,3H2. The van der Waals surface area contributed by atoms with Gasteiger partial charge >= 0.3 is 17.2 Å². The number of nitrogens with zero attached hydrogens (tertiary/aromatic N) is 6. The van der Waals surface area contributed by atoms with Crippen LogP contribution < -0.4 is 10.9 Å². The van der Waals surface area contributed by atoms with Gasteiger partial charge in [0, 0.05) is 0 Å². The van der Waals surface area contributed by atoms with Crippen LogP contribution in [0.15, 0.2) is 12.1 Å². The van der Waals surface area contributed by atoms with E-state index in [-0.39, 0.29) is 0 Å². The van der Waals surface area contributed by atoms with Crippen LogP contribution in [0.3, 0.4) is 0 Å². The van der Waals surface area contributed by atoms with Crippen LogP contribution in [0.25, 0.3) is 0 Å². The number of hydrazine groups is 1. The average molecular weight is 406 g/mol. The van der Waals surface area contributed by atoms with Crippen molar-refractivity contribution in [1.82, 2.24) is 5.43 Å². The summed E-state index contributed by atoms with van der Waals surface area (Å²) in [5.41, 5.74) is -1.38. The van der Waals surface area contributed by atoms with Crippen LogP contribution in [0, 0.1) is 60.7 Å². The lowest BCUT2D eigenvalue weighted by Gasteiger charge is -2.11. The SMILES string of the molecule is O=[N+]([O-])c1cc([N+](=O)[O-])c(NNCC([N+](=O)[O-])([N+](=O)[O-])[N+](=O)[O-])c([N+](=O)[O-])c1. The maximum absolute atomic E-state index is 11.0. The van der Waals surface area contributed by atoms with Crippen molar-refractivity contribution in [2.75, 3.05) is 12.0 Å². The molecule has 0 heterocycles. The van der Waals surface area contributed by atoms with Crippen molar-refractivity contribution in [2.24, 2.45) is 0 Å². The van der Waals surface area contributed by atoms with Crippen LogP contribution >= 0.6 is 0 Å². The number of rotatable bonds is 10. The smallest absolute Gasteiger partial charge is 0.309 e. The summed E-state index contributed by atoms with van der Waals surface area (Å²) in [5, 5.41) is 65.1. The Morgan fingerprint density at radius 1 is 0.714 bits per heavy atom. The minimum absolute atomic E-state index is 0.304. The van der Waals surface area contributed by atoms with E-state index in [2.05, 4.69) is 0 Å². The lowest BCUT2D eigenvalue weighted by molar-refractivity contribution is -0.966. The second-order valence-corrected chi connectivity index (χ2v) is 4.65. The second kappa shape index (κ2) is 7.73. The summed E-state index contributed by atoms with van der Waals surface area (Å²) in [6, 6.07) is 0.609. The number of nitro benzene ring substituents is 3. The highest BCUT2D eigenvalue weighted by Crippen LogP contribution is 2.37. The molecule has 1 rings (SSSR count). The highest BCUT2D eigenvalue weighted by molar-refractivity contribution is 5.76. The minimum atomic E-state index is -4.02. The summed E-state index contributed by atoms with van der Waals surface area (Å²) in [6.07, 6.45) is 0. The van der Waals surface area contributed by atoms with Crippen molar-refractivity contribution in [3.8, 4) is 0 Å². The van der Waals surface area contributed by atoms with E-state index in [1.807, 2.05) is 0 Å². The van der Waals surface area contributed by atoms with Gasteiger partial charge in [0.15, 0.2) is 14.8 Å². The Morgan fingerprint density at radius 2 is 1.11 bits per heavy atom. The van der Waals surface area contributed by atoms with E-state index in [1.165, 1.54) is 0 Å². The molecular weight excluding hydrogens is 400 g/mol. The van der Waals surface area contributed by atoms with Gasteiger partial charge in [-0.25, -0.2) is 5.43 Å². The van der Waals surface area contributed by atoms with Crippen LogP contribution in [0.2, 0.25) is 0 Å². The van der Waals surface area contributed by atoms with E-state index >= 15 is 0 Å². The van der Waals surface area contributed by atoms with E-state index < -0.39 is 64.6 Å². The summed E-state index contributed by atoms with van der Waals surface area (Å²) < 4.78 is 0. The van der Waals surface area contributed by atoms with Gasteiger partial charge in [0.1, 0.15) is 0 Å². The zero-order valence-electron chi connectivity index (χ0n) is 12.9. The van der Waals surface area contributed by atoms with Crippen LogP contribution in [0.1, 0.15) is 0 Å². The molecule has 0 amide bonds. The molecule has 0 aliphatic rings. The molecule has 2 N–H and O–H groups in total. The lowest BCUT2D eigenvalue weighted by atomic mass is 10.2. The van der Waals surface area contributed by atoms with Crippen molar-refractivity contribution in [3.63, 3.8) is 0 Å². The van der Waals surface area contributed by atoms with Gasteiger partial charge in [-0.15, -0.1) is 0 Å². The number of nitro groups is 6. The van der Waals surface area contributed by atoms with E-state index in [9.17, 15) is 60.7 Å². The molecule has 0 radical (unpaired) electrons. The topological polar surface area (TPSA) is 283 Å². The summed E-state index contributed by atoms with van der Waals surface area (Å²) in [6.45, 7) is -1.70. The fourth-order valence-electron chi connectivity index (χ4n) is 1.76. The Morgan fingerprint density at radius 3 is 1.39 bits per heavy atom. The molecule has 0 bridgehead atoms. The van der Waals surface area contributed by atoms with Gasteiger partial charge in [-0.2, -0.15) is 0 Å². The normalized spacial score (nSPS) is 10.7. The molecule has 0 aromatic heterocycles. The molecule has 0 saturated carbocycles. The fraction of sp³-hybridized carbons (Fsp3) is 0.250. The Bertz CT molecular complexity index is 827. The second-order valence-electron chi connectivity index (χ2n) is 4.65. The molecule has 0 saturated heterocycles. The Hall–Kier alpha value is -4.62. The maximum atomic E-state index is 11.0. The van der Waals surface area contributed by atoms with Crippen LogP contribution in [0.5, 0.6) is 0 Å². The first-order chi connectivity index (χ1) is 12.9. The predicted molar refractivity (Wildman–Crippen MR) is 81.7 cm³/mol. The molecule has 20 nitrogen and oxygen atoms in total. The van der Waals surface area contributed by atoms with Crippen molar-refractivity contribution in [3.05, 3.63) is 72.8 Å². The van der Waals surface area contributed by atoms with Crippen molar-refractivity contribution < 1.29 is 29.5 Å². The first-order valence-electron chi connectivity index (χ1n) is 6.39. The van der Waals surface area contributed by atoms with E-state index in [1.54, 1.807) is 10.9 Å². The maximum Gasteiger partial charge on any atom is 0.714 e. The zero-order valence-corrected chi connectivity index (χ0v) is 12.9. The quantitative estimate of drug-likeness (QED) is 0.289. The van der Waals surface area contributed by atoms with Gasteiger partial charge < -0.3 is 5.43 Å². The minimum Gasteiger partial charge on any atom is -0.309 e. The predicted octanol–water partition coefficient (Wildman–Crippen LogP) is -0.188. The average Bonchev–Trinajstić information content (AvgIpc) is 2.56. The Balaban J connectivity index is 3.38. The Kier molecular flexibility index (Phi) is 5.91. The molecule has 20 heteroatoms. The van der Waals surface area contributed by atoms with E-state index in [4.69, 9.17) is 0 Å². The molecule has 0 atom stereocenters. The number of anilines is 1. The van der Waals surface area contributed by atoms with Gasteiger partial charge in [0.25, 0.3) is 5.69 Å². The summed E-state index contributed by atoms with van der Waals surface area (Å²) in [5.74, 6) is -4.02. The monoisotopic (exact) mass is 406 g/mol. The van der Waals surface area contributed by atoms with Crippen LogP contribution in [-0.2, 0) is 0 Å². The van der Waals surface area contributed by atoms with Gasteiger partial charge in [0.05, 0.1) is 26.9 Å². The van der Waals surface area contributed by atoms with Crippen LogP contribution in [-0.4, -0.2) is 41.9 Å². The van der Waals surface area contributed by atoms with Crippen molar-refractivity contribution >= 4 is 22.7 Å². The molecule has 0 unspecified atom stereocenters. The lowest BCUT2D eigenvalue weighted by Crippen LogP contribution is -2.60. The highest BCUT2D eigenvalue weighted by Gasteiger charge is 2.70. The van der Waals surface area contributed by atoms with E-state index in [0.717, 1.165) is 0 Å². The van der Waals surface area contributed by atoms with Crippen molar-refractivity contribution in [2.45, 2.75) is 5.79 Å². The molecule has 0 aliphatic carbocycles. The largest absolute Gasteiger partial charge is 0.714 e. The molecular formula is C8H6N8O12. The van der Waals surface area contributed by atoms with Gasteiger partial charge in [-0.1, -0.05) is 0 Å². The van der Waals surface area contributed by atoms with Crippen molar-refractivity contribution in [1.29, 1.82) is 0 Å². The summed E-state index contributed by atoms with van der Waals surface area (Å²) >= 11 is 0. The number of non-ortho nitro benzene ring substituents is 1. The van der Waals surface area contributed by atoms with E-state index in [0.29, 0.717) is 12.1 Å². The number of hydrogen-bond acceptors (Lipinski definition) is 14. The number of nitrogens with one attached hydrogen (secondary N) is 2.